The smallest absolute Gasteiger partial charge is 0.344 e. The van der Waals surface area contributed by atoms with E-state index < -0.39 is 59.2 Å². The van der Waals surface area contributed by atoms with Crippen molar-refractivity contribution >= 4 is 23.7 Å². The van der Waals surface area contributed by atoms with E-state index in [1.807, 2.05) is 0 Å². The van der Waals surface area contributed by atoms with Crippen molar-refractivity contribution in [2.45, 2.75) is 24.8 Å². The fourth-order valence-corrected chi connectivity index (χ4v) is 2.39. The lowest BCUT2D eigenvalue weighted by Gasteiger charge is -2.16. The minimum absolute atomic E-state index is 0.133. The molecule has 2 N–H and O–H groups in total. The molecule has 1 aliphatic rings. The van der Waals surface area contributed by atoms with Crippen molar-refractivity contribution < 1.29 is 48.0 Å². The molecule has 1 aromatic heterocycles. The average molecular weight is 443 g/mol. The highest BCUT2D eigenvalue weighted by Crippen LogP contribution is 2.43. The van der Waals surface area contributed by atoms with E-state index >= 15 is 0 Å². The van der Waals surface area contributed by atoms with Crippen molar-refractivity contribution in [3.8, 4) is 5.75 Å². The number of carbonyl (C=O) groups is 4. The molecule has 2 rings (SSSR count). The van der Waals surface area contributed by atoms with E-state index in [4.69, 9.17) is 5.11 Å². The van der Waals surface area contributed by atoms with E-state index in [0.717, 1.165) is 26.5 Å². The summed E-state index contributed by atoms with van der Waals surface area (Å²) in [5, 5.41) is 18.0. The van der Waals surface area contributed by atoms with Crippen LogP contribution < -0.4 is 5.56 Å². The molecule has 0 spiro atoms. The zero-order valence-electron chi connectivity index (χ0n) is 17.0. The topological polar surface area (TPSA) is 158 Å². The van der Waals surface area contributed by atoms with E-state index in [-0.39, 0.29) is 5.56 Å². The van der Waals surface area contributed by atoms with Crippen LogP contribution in [0.3, 0.4) is 0 Å². The van der Waals surface area contributed by atoms with Crippen LogP contribution in [0.15, 0.2) is 28.9 Å². The molecule has 0 unspecified atom stereocenters. The zero-order valence-corrected chi connectivity index (χ0v) is 17.0. The van der Waals surface area contributed by atoms with Crippen LogP contribution in [-0.2, 0) is 34.1 Å². The Kier molecular flexibility index (Phi) is 8.91. The summed E-state index contributed by atoms with van der Waals surface area (Å²) in [4.78, 5) is 55.6. The number of nitrogens with zero attached hydrogens (tertiary/aromatic N) is 1. The molecule has 12 heteroatoms. The maximum Gasteiger partial charge on any atom is 0.344 e. The quantitative estimate of drug-likeness (QED) is 0.152. The molecule has 0 saturated heterocycles. The number of aliphatic hydroxyl groups is 1. The molecule has 1 aliphatic carbocycles. The van der Waals surface area contributed by atoms with E-state index in [1.165, 1.54) is 11.7 Å². The lowest BCUT2D eigenvalue weighted by Crippen LogP contribution is -2.32. The second-order valence-corrected chi connectivity index (χ2v) is 6.34. The molecule has 0 aliphatic heterocycles. The maximum atomic E-state index is 12.9. The summed E-state index contributed by atoms with van der Waals surface area (Å²) in [5.41, 5.74) is -2.08. The van der Waals surface area contributed by atoms with Gasteiger partial charge in [0.1, 0.15) is 30.0 Å². The summed E-state index contributed by atoms with van der Waals surface area (Å²) in [6.07, 6.45) is 1.95. The number of pyridine rings is 1. The van der Waals surface area contributed by atoms with Gasteiger partial charge >= 0.3 is 17.9 Å². The molecule has 170 valence electrons. The number of hydrogen-bond donors (Lipinski definition) is 2. The summed E-state index contributed by atoms with van der Waals surface area (Å²) in [7, 11) is 3.33. The number of ketones is 1. The minimum atomic E-state index is -0.999. The summed E-state index contributed by atoms with van der Waals surface area (Å²) >= 11 is 0. The summed E-state index contributed by atoms with van der Waals surface area (Å²) in [6.45, 7) is -0.668. The van der Waals surface area contributed by atoms with Crippen LogP contribution >= 0.6 is 0 Å². The van der Waals surface area contributed by atoms with Gasteiger partial charge in [0.25, 0.3) is 5.56 Å². The largest absolute Gasteiger partial charge is 0.515 e. The monoisotopic (exact) mass is 443 g/mol. The fourth-order valence-electron chi connectivity index (χ4n) is 2.39. The van der Waals surface area contributed by atoms with Gasteiger partial charge in [0.05, 0.1) is 33.1 Å². The van der Waals surface area contributed by atoms with Gasteiger partial charge in [-0.15, -0.1) is 0 Å². The second-order valence-electron chi connectivity index (χ2n) is 6.34. The van der Waals surface area contributed by atoms with Crippen LogP contribution in [0.5, 0.6) is 5.75 Å². The number of Topliss-reactive ketones (excluding diaryl/α,β-unsaturated/α-hetero) is 1. The predicted octanol–water partition coefficient (Wildman–Crippen LogP) is 0.533. The lowest BCUT2D eigenvalue weighted by atomic mass is 10.1. The predicted molar refractivity (Wildman–Crippen MR) is 101 cm³/mol. The molecule has 11 nitrogen and oxygen atoms in total. The standard InChI is InChI=1S/C11H12FNO4.C8H10O6/c1-17-10(16)7-5-13(9(15)4-8(7)14)11(6-12)2-3-11;1-13-7(11)3-6(10)5(4-9)8(12)14-2/h4-5,14H,2-3,6H2,1H3;4,9H,3H2,1-2H3. The molecule has 0 bridgehead atoms. The molecule has 1 heterocycles. The van der Waals surface area contributed by atoms with Gasteiger partial charge in [0, 0.05) is 12.3 Å². The third kappa shape index (κ3) is 6.14. The van der Waals surface area contributed by atoms with Crippen LogP contribution in [0.4, 0.5) is 4.39 Å². The molecule has 1 fully saturated rings. The van der Waals surface area contributed by atoms with Crippen LogP contribution in [0.1, 0.15) is 29.6 Å². The number of aromatic nitrogens is 1. The van der Waals surface area contributed by atoms with Crippen molar-refractivity contribution in [2.24, 2.45) is 0 Å². The van der Waals surface area contributed by atoms with Crippen LogP contribution in [0.25, 0.3) is 0 Å². The van der Waals surface area contributed by atoms with Gasteiger partial charge in [-0.05, 0) is 12.8 Å². The van der Waals surface area contributed by atoms with Gasteiger partial charge in [0.15, 0.2) is 5.78 Å². The Labute approximate surface area is 175 Å². The molecule has 0 aromatic carbocycles. The molecular formula is C19H22FNO10. The second kappa shape index (κ2) is 10.9. The number of hydrogen-bond acceptors (Lipinski definition) is 10. The number of alkyl halides is 1. The van der Waals surface area contributed by atoms with Crippen molar-refractivity contribution in [3.05, 3.63) is 40.0 Å². The number of ether oxygens (including phenoxy) is 3. The van der Waals surface area contributed by atoms with Crippen molar-refractivity contribution in [2.75, 3.05) is 28.0 Å². The highest BCUT2D eigenvalue weighted by molar-refractivity contribution is 6.20. The number of carbonyl (C=O) groups excluding carboxylic acids is 4. The van der Waals surface area contributed by atoms with Crippen LogP contribution in [0.2, 0.25) is 0 Å². The van der Waals surface area contributed by atoms with Gasteiger partial charge in [-0.1, -0.05) is 0 Å². The summed E-state index contributed by atoms with van der Waals surface area (Å²) < 4.78 is 26.9. The molecule has 31 heavy (non-hydrogen) atoms. The Hall–Kier alpha value is -3.70. The maximum absolute atomic E-state index is 12.9. The Morgan fingerprint density at radius 1 is 1.16 bits per heavy atom. The highest BCUT2D eigenvalue weighted by atomic mass is 19.1. The first-order valence-corrected chi connectivity index (χ1v) is 8.73. The number of methoxy groups -OCH3 is 3. The van der Waals surface area contributed by atoms with Gasteiger partial charge < -0.3 is 29.0 Å². The number of halogens is 1. The third-order valence-corrected chi connectivity index (χ3v) is 4.39. The Bertz CT molecular complexity index is 945. The average Bonchev–Trinajstić information content (AvgIpc) is 3.55. The molecule has 0 radical (unpaired) electrons. The summed E-state index contributed by atoms with van der Waals surface area (Å²) in [5.74, 6) is -3.86. The number of aliphatic hydroxyl groups excluding tert-OH is 1. The Balaban J connectivity index is 0.000000318. The number of esters is 3. The molecule has 0 amide bonds. The van der Waals surface area contributed by atoms with Gasteiger partial charge in [0.2, 0.25) is 0 Å². The van der Waals surface area contributed by atoms with Crippen molar-refractivity contribution in [3.63, 3.8) is 0 Å². The zero-order chi connectivity index (χ0) is 23.8. The first-order chi connectivity index (χ1) is 14.6. The first-order valence-electron chi connectivity index (χ1n) is 8.73. The molecule has 1 aromatic rings. The lowest BCUT2D eigenvalue weighted by molar-refractivity contribution is -0.143. The fraction of sp³-hybridized carbons (Fsp3) is 0.421. The minimum Gasteiger partial charge on any atom is -0.515 e. The van der Waals surface area contributed by atoms with Gasteiger partial charge in [-0.3, -0.25) is 14.4 Å². The number of rotatable bonds is 7. The van der Waals surface area contributed by atoms with Crippen LogP contribution in [0, 0.1) is 0 Å². The molecule has 0 atom stereocenters. The van der Waals surface area contributed by atoms with E-state index in [9.17, 15) is 33.5 Å². The molecular weight excluding hydrogens is 421 g/mol. The van der Waals surface area contributed by atoms with E-state index in [1.54, 1.807) is 0 Å². The van der Waals surface area contributed by atoms with Gasteiger partial charge in [-0.25, -0.2) is 14.0 Å². The van der Waals surface area contributed by atoms with Crippen molar-refractivity contribution in [1.82, 2.24) is 4.57 Å². The van der Waals surface area contributed by atoms with Crippen molar-refractivity contribution in [1.29, 1.82) is 0 Å². The number of aromatic hydroxyl groups is 1. The van der Waals surface area contributed by atoms with E-state index in [0.29, 0.717) is 19.1 Å². The SMILES string of the molecule is COC(=O)CC(=O)C(=CO)C(=O)OC.COC(=O)c1cn(C2(CF)CC2)c(=O)cc1O. The Morgan fingerprint density at radius 2 is 1.77 bits per heavy atom. The first kappa shape index (κ1) is 25.3. The normalized spacial score (nSPS) is 13.9. The summed E-state index contributed by atoms with van der Waals surface area (Å²) in [6, 6.07) is 0.905. The van der Waals surface area contributed by atoms with Crippen LogP contribution in [-0.4, -0.2) is 66.5 Å². The third-order valence-electron chi connectivity index (χ3n) is 4.39. The Morgan fingerprint density at radius 3 is 2.19 bits per heavy atom. The van der Waals surface area contributed by atoms with Gasteiger partial charge in [-0.2, -0.15) is 0 Å². The molecule has 1 saturated carbocycles. The highest BCUT2D eigenvalue weighted by Gasteiger charge is 2.46. The van der Waals surface area contributed by atoms with E-state index in [2.05, 4.69) is 14.2 Å².